The predicted octanol–water partition coefficient (Wildman–Crippen LogP) is 6.94. The number of carbonyl (C=O) groups excluding carboxylic acids is 1. The summed E-state index contributed by atoms with van der Waals surface area (Å²) in [6, 6.07) is 14.5. The second-order valence-electron chi connectivity index (χ2n) is 7.77. The molecule has 8 heteroatoms. The van der Waals surface area contributed by atoms with E-state index in [1.165, 1.54) is 30.3 Å². The zero-order valence-corrected chi connectivity index (χ0v) is 18.7. The fourth-order valence-corrected chi connectivity index (χ4v) is 3.25. The Morgan fingerprint density at radius 3 is 2.24 bits per heavy atom. The molecule has 0 radical (unpaired) electrons. The summed E-state index contributed by atoms with van der Waals surface area (Å²) in [4.78, 5) is 17.2. The Kier molecular flexibility index (Phi) is 7.38. The Balaban J connectivity index is 1.69. The number of nitrogens with one attached hydrogen (secondary N) is 1. The minimum absolute atomic E-state index is 0.0546. The largest absolute Gasteiger partial charge is 0.457 e. The van der Waals surface area contributed by atoms with Gasteiger partial charge >= 0.3 is 6.18 Å². The van der Waals surface area contributed by atoms with Crippen molar-refractivity contribution in [2.45, 2.75) is 46.1 Å². The van der Waals surface area contributed by atoms with Crippen LogP contribution in [0.1, 0.15) is 54.2 Å². The van der Waals surface area contributed by atoms with Gasteiger partial charge in [-0.05, 0) is 76.2 Å². The van der Waals surface area contributed by atoms with E-state index in [0.717, 1.165) is 11.8 Å². The highest BCUT2D eigenvalue weighted by molar-refractivity contribution is 6.05. The zero-order chi connectivity index (χ0) is 24.2. The Hall–Kier alpha value is -3.39. The molecule has 1 N–H and O–H groups in total. The first-order chi connectivity index (χ1) is 15.5. The highest BCUT2D eigenvalue weighted by Gasteiger charge is 2.34. The number of hydrogen-bond acceptors (Lipinski definition) is 4. The minimum atomic E-state index is -4.52. The molecule has 0 saturated carbocycles. The minimum Gasteiger partial charge on any atom is -0.457 e. The predicted molar refractivity (Wildman–Crippen MR) is 120 cm³/mol. The van der Waals surface area contributed by atoms with Crippen molar-refractivity contribution in [2.75, 3.05) is 5.32 Å². The van der Waals surface area contributed by atoms with E-state index < -0.39 is 11.7 Å². The third kappa shape index (κ3) is 6.32. The Bertz CT molecular complexity index is 1110. The topological polar surface area (TPSA) is 60.5 Å². The summed E-state index contributed by atoms with van der Waals surface area (Å²) < 4.78 is 50.6. The number of benzene rings is 2. The molecule has 1 atom stereocenters. The van der Waals surface area contributed by atoms with Crippen molar-refractivity contribution in [3.8, 4) is 11.5 Å². The van der Waals surface area contributed by atoms with Crippen LogP contribution in [0.15, 0.2) is 60.7 Å². The molecular weight excluding hydrogens is 433 g/mol. The van der Waals surface area contributed by atoms with E-state index in [1.807, 2.05) is 20.8 Å². The molecule has 0 aliphatic carbocycles. The lowest BCUT2D eigenvalue weighted by Gasteiger charge is -2.17. The monoisotopic (exact) mass is 458 g/mol. The molecule has 0 aliphatic heterocycles. The number of nitrogens with zero attached hydrogens (tertiary/aromatic N) is 1. The standard InChI is InChI=1S/C25H25F3N2O3/c1-15(2)32-17(4)22-14-13-20(16(3)29-22)24(31)30-18-9-11-19(12-10-18)33-23-8-6-5-7-21(23)25(26,27)28/h5-15,17H,1-4H3,(H,30,31). The molecular formula is C25H25F3N2O3. The van der Waals surface area contributed by atoms with Crippen molar-refractivity contribution in [1.29, 1.82) is 0 Å². The number of ether oxygens (including phenoxy) is 2. The number of amides is 1. The molecule has 3 aromatic rings. The van der Waals surface area contributed by atoms with E-state index in [-0.39, 0.29) is 29.6 Å². The van der Waals surface area contributed by atoms with Gasteiger partial charge in [-0.1, -0.05) is 12.1 Å². The van der Waals surface area contributed by atoms with Crippen LogP contribution in [0.5, 0.6) is 11.5 Å². The fourth-order valence-electron chi connectivity index (χ4n) is 3.25. The molecule has 0 fully saturated rings. The third-order valence-electron chi connectivity index (χ3n) is 4.78. The van der Waals surface area contributed by atoms with Crippen LogP contribution in [0.25, 0.3) is 0 Å². The van der Waals surface area contributed by atoms with Crippen LogP contribution in [-0.2, 0) is 10.9 Å². The van der Waals surface area contributed by atoms with Crippen molar-refractivity contribution >= 4 is 11.6 Å². The van der Waals surface area contributed by atoms with Gasteiger partial charge in [0.05, 0.1) is 34.7 Å². The number of para-hydroxylation sites is 1. The molecule has 1 amide bonds. The quantitative estimate of drug-likeness (QED) is 0.417. The van der Waals surface area contributed by atoms with Gasteiger partial charge in [0.15, 0.2) is 0 Å². The van der Waals surface area contributed by atoms with Gasteiger partial charge < -0.3 is 14.8 Å². The van der Waals surface area contributed by atoms with Crippen LogP contribution >= 0.6 is 0 Å². The maximum absolute atomic E-state index is 13.1. The van der Waals surface area contributed by atoms with Gasteiger partial charge in [-0.2, -0.15) is 13.2 Å². The summed E-state index contributed by atoms with van der Waals surface area (Å²) in [6.45, 7) is 7.53. The number of carbonyl (C=O) groups is 1. The molecule has 3 rings (SSSR count). The van der Waals surface area contributed by atoms with Crippen LogP contribution in [0.3, 0.4) is 0 Å². The van der Waals surface area contributed by atoms with Crippen LogP contribution in [0.2, 0.25) is 0 Å². The molecule has 0 spiro atoms. The van der Waals surface area contributed by atoms with Gasteiger partial charge in [0, 0.05) is 5.69 Å². The number of alkyl halides is 3. The highest BCUT2D eigenvalue weighted by Crippen LogP contribution is 2.38. The molecule has 2 aromatic carbocycles. The van der Waals surface area contributed by atoms with Gasteiger partial charge in [-0.15, -0.1) is 0 Å². The second kappa shape index (κ2) is 10.0. The van der Waals surface area contributed by atoms with E-state index in [0.29, 0.717) is 16.9 Å². The molecule has 1 unspecified atom stereocenters. The fraction of sp³-hybridized carbons (Fsp3) is 0.280. The van der Waals surface area contributed by atoms with Crippen molar-refractivity contribution in [2.24, 2.45) is 0 Å². The number of halogens is 3. The highest BCUT2D eigenvalue weighted by atomic mass is 19.4. The number of pyridine rings is 1. The molecule has 0 saturated heterocycles. The molecule has 1 heterocycles. The zero-order valence-electron chi connectivity index (χ0n) is 18.7. The van der Waals surface area contributed by atoms with Crippen molar-refractivity contribution < 1.29 is 27.4 Å². The molecule has 1 aromatic heterocycles. The molecule has 5 nitrogen and oxygen atoms in total. The number of anilines is 1. The van der Waals surface area contributed by atoms with Crippen LogP contribution in [-0.4, -0.2) is 17.0 Å². The first-order valence-corrected chi connectivity index (χ1v) is 10.4. The lowest BCUT2D eigenvalue weighted by atomic mass is 10.1. The number of aryl methyl sites for hydroxylation is 1. The molecule has 33 heavy (non-hydrogen) atoms. The van der Waals surface area contributed by atoms with Gasteiger partial charge in [0.2, 0.25) is 0 Å². The summed E-state index contributed by atoms with van der Waals surface area (Å²) >= 11 is 0. The van der Waals surface area contributed by atoms with E-state index in [4.69, 9.17) is 9.47 Å². The van der Waals surface area contributed by atoms with Crippen LogP contribution in [0, 0.1) is 6.92 Å². The number of hydrogen-bond donors (Lipinski definition) is 1. The second-order valence-corrected chi connectivity index (χ2v) is 7.77. The van der Waals surface area contributed by atoms with Crippen molar-refractivity contribution in [3.05, 3.63) is 83.2 Å². The lowest BCUT2D eigenvalue weighted by molar-refractivity contribution is -0.138. The average molecular weight is 458 g/mol. The third-order valence-corrected chi connectivity index (χ3v) is 4.78. The van der Waals surface area contributed by atoms with Gasteiger partial charge in [-0.25, -0.2) is 0 Å². The van der Waals surface area contributed by atoms with Crippen molar-refractivity contribution in [3.63, 3.8) is 0 Å². The molecule has 0 bridgehead atoms. The Morgan fingerprint density at radius 2 is 1.64 bits per heavy atom. The normalized spacial score (nSPS) is 12.5. The van der Waals surface area contributed by atoms with Gasteiger partial charge in [-0.3, -0.25) is 9.78 Å². The summed E-state index contributed by atoms with van der Waals surface area (Å²) in [7, 11) is 0. The average Bonchev–Trinajstić information content (AvgIpc) is 2.74. The Morgan fingerprint density at radius 1 is 0.970 bits per heavy atom. The van der Waals surface area contributed by atoms with Gasteiger partial charge in [0.1, 0.15) is 11.5 Å². The van der Waals surface area contributed by atoms with E-state index >= 15 is 0 Å². The SMILES string of the molecule is Cc1nc(C(C)OC(C)C)ccc1C(=O)Nc1ccc(Oc2ccccc2C(F)(F)F)cc1. The van der Waals surface area contributed by atoms with Crippen molar-refractivity contribution in [1.82, 2.24) is 4.98 Å². The summed E-state index contributed by atoms with van der Waals surface area (Å²) in [6.07, 6.45) is -4.67. The summed E-state index contributed by atoms with van der Waals surface area (Å²) in [5.41, 5.74) is 1.32. The van der Waals surface area contributed by atoms with Crippen LogP contribution in [0.4, 0.5) is 18.9 Å². The first-order valence-electron chi connectivity index (χ1n) is 10.4. The van der Waals surface area contributed by atoms with Crippen LogP contribution < -0.4 is 10.1 Å². The van der Waals surface area contributed by atoms with E-state index in [9.17, 15) is 18.0 Å². The Labute approximate surface area is 190 Å². The van der Waals surface area contributed by atoms with Gasteiger partial charge in [0.25, 0.3) is 5.91 Å². The first kappa shape index (κ1) is 24.3. The van der Waals surface area contributed by atoms with E-state index in [2.05, 4.69) is 10.3 Å². The maximum Gasteiger partial charge on any atom is 0.419 e. The lowest BCUT2D eigenvalue weighted by Crippen LogP contribution is -2.16. The molecule has 174 valence electrons. The molecule has 0 aliphatic rings. The number of rotatable bonds is 7. The number of aromatic nitrogens is 1. The summed E-state index contributed by atoms with van der Waals surface area (Å²) in [5.74, 6) is -0.426. The smallest absolute Gasteiger partial charge is 0.419 e. The maximum atomic E-state index is 13.1. The van der Waals surface area contributed by atoms with E-state index in [1.54, 1.807) is 31.2 Å². The summed E-state index contributed by atoms with van der Waals surface area (Å²) in [5, 5.41) is 2.76.